The van der Waals surface area contributed by atoms with E-state index in [1.165, 1.54) is 12.3 Å². The largest absolute Gasteiger partial charge is 0.478 e. The van der Waals surface area contributed by atoms with Crippen molar-refractivity contribution in [1.29, 1.82) is 0 Å². The third-order valence-electron chi connectivity index (χ3n) is 4.82. The Labute approximate surface area is 158 Å². The lowest BCUT2D eigenvalue weighted by Crippen LogP contribution is -2.34. The molecule has 0 amide bonds. The first kappa shape index (κ1) is 19.1. The molecule has 27 heavy (non-hydrogen) atoms. The smallest absolute Gasteiger partial charge is 0.337 e. The molecular formula is C19H26N4O4. The summed E-state index contributed by atoms with van der Waals surface area (Å²) in [6.45, 7) is 6.56. The molecule has 1 aliphatic heterocycles. The normalized spacial score (nSPS) is 15.3. The molecule has 0 spiro atoms. The standard InChI is InChI=1S/C19H26N4O4/c1-13(2)17-21-19(27-22-17)23-9-7-14(8-10-23)4-3-11-26-16-6-5-15(12-20-16)18(24)25/h5-6,12-14H,3-4,7-11H2,1-2H3,(H,24,25). The monoisotopic (exact) mass is 374 g/mol. The van der Waals surface area contributed by atoms with Crippen LogP contribution in [0.25, 0.3) is 0 Å². The van der Waals surface area contributed by atoms with Crippen LogP contribution in [0.5, 0.6) is 5.88 Å². The molecular weight excluding hydrogens is 348 g/mol. The predicted octanol–water partition coefficient (Wildman–Crippen LogP) is 3.36. The molecule has 3 rings (SSSR count). The Morgan fingerprint density at radius 2 is 2.15 bits per heavy atom. The summed E-state index contributed by atoms with van der Waals surface area (Å²) in [5.74, 6) is 1.18. The van der Waals surface area contributed by atoms with Crippen molar-refractivity contribution in [2.24, 2.45) is 5.92 Å². The lowest BCUT2D eigenvalue weighted by Gasteiger charge is -2.30. The highest BCUT2D eigenvalue weighted by molar-refractivity contribution is 5.87. The van der Waals surface area contributed by atoms with E-state index in [2.05, 4.69) is 33.9 Å². The molecule has 0 unspecified atom stereocenters. The maximum Gasteiger partial charge on any atom is 0.337 e. The molecule has 1 aliphatic rings. The fourth-order valence-electron chi connectivity index (χ4n) is 3.14. The van der Waals surface area contributed by atoms with Crippen molar-refractivity contribution < 1.29 is 19.2 Å². The van der Waals surface area contributed by atoms with Crippen LogP contribution in [0.1, 0.15) is 61.6 Å². The third kappa shape index (κ3) is 5.18. The second-order valence-corrected chi connectivity index (χ2v) is 7.20. The quantitative estimate of drug-likeness (QED) is 0.702. The molecule has 146 valence electrons. The van der Waals surface area contributed by atoms with E-state index in [9.17, 15) is 4.79 Å². The third-order valence-corrected chi connectivity index (χ3v) is 4.82. The van der Waals surface area contributed by atoms with Crippen molar-refractivity contribution in [3.05, 3.63) is 29.7 Å². The van der Waals surface area contributed by atoms with E-state index < -0.39 is 5.97 Å². The predicted molar refractivity (Wildman–Crippen MR) is 99.2 cm³/mol. The Morgan fingerprint density at radius 1 is 1.37 bits per heavy atom. The first-order valence-electron chi connectivity index (χ1n) is 9.43. The van der Waals surface area contributed by atoms with Gasteiger partial charge in [0, 0.05) is 31.3 Å². The van der Waals surface area contributed by atoms with Crippen LogP contribution in [0.15, 0.2) is 22.9 Å². The van der Waals surface area contributed by atoms with Gasteiger partial charge in [-0.1, -0.05) is 19.0 Å². The van der Waals surface area contributed by atoms with Crippen LogP contribution < -0.4 is 9.64 Å². The van der Waals surface area contributed by atoms with Gasteiger partial charge in [0.05, 0.1) is 12.2 Å². The highest BCUT2D eigenvalue weighted by atomic mass is 16.5. The van der Waals surface area contributed by atoms with E-state index in [4.69, 9.17) is 14.4 Å². The molecule has 2 aromatic rings. The first-order valence-corrected chi connectivity index (χ1v) is 9.43. The molecule has 0 bridgehead atoms. The van der Waals surface area contributed by atoms with Crippen molar-refractivity contribution in [2.75, 3.05) is 24.6 Å². The Balaban J connectivity index is 1.35. The minimum Gasteiger partial charge on any atom is -0.478 e. The summed E-state index contributed by atoms with van der Waals surface area (Å²) < 4.78 is 11.0. The Hall–Kier alpha value is -2.64. The summed E-state index contributed by atoms with van der Waals surface area (Å²) in [5, 5.41) is 12.9. The van der Waals surface area contributed by atoms with E-state index in [-0.39, 0.29) is 11.5 Å². The Morgan fingerprint density at radius 3 is 2.74 bits per heavy atom. The molecule has 1 fully saturated rings. The van der Waals surface area contributed by atoms with Crippen molar-refractivity contribution in [2.45, 2.75) is 45.4 Å². The van der Waals surface area contributed by atoms with Gasteiger partial charge in [-0.2, -0.15) is 4.98 Å². The van der Waals surface area contributed by atoms with Gasteiger partial charge in [0.15, 0.2) is 5.82 Å². The van der Waals surface area contributed by atoms with Crippen LogP contribution >= 0.6 is 0 Å². The molecule has 3 heterocycles. The molecule has 2 aromatic heterocycles. The van der Waals surface area contributed by atoms with Gasteiger partial charge in [-0.05, 0) is 37.7 Å². The number of carboxylic acid groups (broad SMARTS) is 1. The van der Waals surface area contributed by atoms with Crippen LogP contribution in [0, 0.1) is 5.92 Å². The molecule has 8 heteroatoms. The van der Waals surface area contributed by atoms with Gasteiger partial charge in [-0.3, -0.25) is 0 Å². The van der Waals surface area contributed by atoms with E-state index >= 15 is 0 Å². The topological polar surface area (TPSA) is 102 Å². The summed E-state index contributed by atoms with van der Waals surface area (Å²) >= 11 is 0. The van der Waals surface area contributed by atoms with E-state index in [0.29, 0.717) is 24.4 Å². The number of rotatable bonds is 8. The van der Waals surface area contributed by atoms with Crippen molar-refractivity contribution in [3.8, 4) is 5.88 Å². The van der Waals surface area contributed by atoms with Crippen LogP contribution in [0.3, 0.4) is 0 Å². The zero-order chi connectivity index (χ0) is 19.2. The molecule has 0 radical (unpaired) electrons. The van der Waals surface area contributed by atoms with E-state index in [0.717, 1.165) is 44.6 Å². The number of carbonyl (C=O) groups is 1. The summed E-state index contributed by atoms with van der Waals surface area (Å²) in [6.07, 6.45) is 5.57. The molecule has 1 N–H and O–H groups in total. The maximum absolute atomic E-state index is 10.8. The number of hydrogen-bond donors (Lipinski definition) is 1. The minimum absolute atomic E-state index is 0.163. The number of carboxylic acids is 1. The van der Waals surface area contributed by atoms with Crippen molar-refractivity contribution in [1.82, 2.24) is 15.1 Å². The molecule has 0 aliphatic carbocycles. The zero-order valence-corrected chi connectivity index (χ0v) is 15.8. The molecule has 0 atom stereocenters. The van der Waals surface area contributed by atoms with Gasteiger partial charge in [0.2, 0.25) is 5.88 Å². The van der Waals surface area contributed by atoms with E-state index in [1.807, 2.05) is 0 Å². The molecule has 8 nitrogen and oxygen atoms in total. The van der Waals surface area contributed by atoms with Crippen LogP contribution in [-0.4, -0.2) is 45.9 Å². The number of anilines is 1. The Kier molecular flexibility index (Phi) is 6.26. The number of pyridine rings is 1. The summed E-state index contributed by atoms with van der Waals surface area (Å²) in [4.78, 5) is 21.4. The highest BCUT2D eigenvalue weighted by Crippen LogP contribution is 2.26. The summed E-state index contributed by atoms with van der Waals surface area (Å²) in [6, 6.07) is 3.73. The minimum atomic E-state index is -0.985. The van der Waals surface area contributed by atoms with Gasteiger partial charge in [0.25, 0.3) is 0 Å². The summed E-state index contributed by atoms with van der Waals surface area (Å²) in [7, 11) is 0. The van der Waals surface area contributed by atoms with Crippen molar-refractivity contribution in [3.63, 3.8) is 0 Å². The van der Waals surface area contributed by atoms with Gasteiger partial charge in [-0.15, -0.1) is 0 Å². The number of hydrogen-bond acceptors (Lipinski definition) is 7. The van der Waals surface area contributed by atoms with Crippen molar-refractivity contribution >= 4 is 12.0 Å². The number of nitrogens with zero attached hydrogens (tertiary/aromatic N) is 4. The fourth-order valence-corrected chi connectivity index (χ4v) is 3.14. The van der Waals surface area contributed by atoms with Gasteiger partial charge in [-0.25, -0.2) is 9.78 Å². The number of ether oxygens (including phenoxy) is 1. The molecule has 1 saturated heterocycles. The lowest BCUT2D eigenvalue weighted by molar-refractivity contribution is 0.0696. The van der Waals surface area contributed by atoms with Gasteiger partial charge >= 0.3 is 12.0 Å². The Bertz CT molecular complexity index is 736. The number of aromatic nitrogens is 3. The SMILES string of the molecule is CC(C)c1noc(N2CCC(CCCOc3ccc(C(=O)O)cn3)CC2)n1. The fraction of sp³-hybridized carbons (Fsp3) is 0.579. The molecule has 0 saturated carbocycles. The second-order valence-electron chi connectivity index (χ2n) is 7.20. The first-order chi connectivity index (χ1) is 13.0. The summed E-state index contributed by atoms with van der Waals surface area (Å²) in [5.41, 5.74) is 0.163. The van der Waals surface area contributed by atoms with Crippen LogP contribution in [-0.2, 0) is 0 Å². The lowest BCUT2D eigenvalue weighted by atomic mass is 9.92. The number of piperidine rings is 1. The van der Waals surface area contributed by atoms with Crippen LogP contribution in [0.4, 0.5) is 6.01 Å². The van der Waals surface area contributed by atoms with E-state index in [1.54, 1.807) is 6.07 Å². The molecule has 0 aromatic carbocycles. The van der Waals surface area contributed by atoms with Crippen LogP contribution in [0.2, 0.25) is 0 Å². The zero-order valence-electron chi connectivity index (χ0n) is 15.8. The average Bonchev–Trinajstić information content (AvgIpc) is 3.17. The highest BCUT2D eigenvalue weighted by Gasteiger charge is 2.23. The maximum atomic E-state index is 10.8. The van der Waals surface area contributed by atoms with Gasteiger partial charge in [0.1, 0.15) is 0 Å². The average molecular weight is 374 g/mol. The second kappa shape index (κ2) is 8.83. The van der Waals surface area contributed by atoms with Gasteiger partial charge < -0.3 is 19.3 Å². The number of aromatic carboxylic acids is 1.